The quantitative estimate of drug-likeness (QED) is 0.821. The number of thiophene rings is 1. The smallest absolute Gasteiger partial charge is 0.226 e. The van der Waals surface area contributed by atoms with Crippen LogP contribution in [-0.2, 0) is 4.79 Å². The summed E-state index contributed by atoms with van der Waals surface area (Å²) in [4.78, 5) is 17.4. The second-order valence-corrected chi connectivity index (χ2v) is 7.69. The lowest BCUT2D eigenvalue weighted by molar-refractivity contribution is -0.135. The van der Waals surface area contributed by atoms with Crippen molar-refractivity contribution in [2.24, 2.45) is 5.92 Å². The number of amides is 1. The molecule has 98 valence electrons. The molecule has 0 aromatic carbocycles. The van der Waals surface area contributed by atoms with Gasteiger partial charge in [-0.1, -0.05) is 12.8 Å². The van der Waals surface area contributed by atoms with Crippen LogP contribution < -0.4 is 0 Å². The fourth-order valence-electron chi connectivity index (χ4n) is 2.92. The Morgan fingerprint density at radius 3 is 2.78 bits per heavy atom. The van der Waals surface area contributed by atoms with E-state index >= 15 is 0 Å². The molecular weight excluding hydrogens is 262 g/mol. The van der Waals surface area contributed by atoms with Crippen LogP contribution >= 0.6 is 23.1 Å². The van der Waals surface area contributed by atoms with Crippen molar-refractivity contribution in [3.8, 4) is 0 Å². The van der Waals surface area contributed by atoms with E-state index in [0.29, 0.717) is 11.8 Å². The Balaban J connectivity index is 1.76. The number of hydrogen-bond acceptors (Lipinski definition) is 3. The fraction of sp³-hybridized carbons (Fsp3) is 0.643. The van der Waals surface area contributed by atoms with Gasteiger partial charge in [0.2, 0.25) is 5.91 Å². The van der Waals surface area contributed by atoms with Crippen molar-refractivity contribution < 1.29 is 4.79 Å². The lowest BCUT2D eigenvalue weighted by atomic mass is 10.1. The Labute approximate surface area is 117 Å². The normalized spacial score (nSPS) is 24.9. The molecule has 1 aliphatic heterocycles. The molecule has 1 saturated heterocycles. The number of aryl methyl sites for hydroxylation is 1. The van der Waals surface area contributed by atoms with Gasteiger partial charge in [-0.3, -0.25) is 4.79 Å². The molecule has 3 rings (SSSR count). The van der Waals surface area contributed by atoms with E-state index < -0.39 is 0 Å². The van der Waals surface area contributed by atoms with Crippen molar-refractivity contribution in [2.75, 3.05) is 12.3 Å². The first kappa shape index (κ1) is 12.5. The maximum Gasteiger partial charge on any atom is 0.226 e. The van der Waals surface area contributed by atoms with Crippen molar-refractivity contribution in [3.05, 3.63) is 21.9 Å². The Hall–Kier alpha value is -0.480. The third-order valence-corrected chi connectivity index (χ3v) is 6.33. The van der Waals surface area contributed by atoms with Crippen LogP contribution in [0.5, 0.6) is 0 Å². The molecule has 1 saturated carbocycles. The first-order chi connectivity index (χ1) is 8.75. The van der Waals surface area contributed by atoms with Crippen LogP contribution in [0.4, 0.5) is 0 Å². The average molecular weight is 281 g/mol. The highest BCUT2D eigenvalue weighted by Gasteiger charge is 2.35. The maximum atomic E-state index is 12.6. The molecule has 1 aromatic rings. The van der Waals surface area contributed by atoms with Crippen LogP contribution in [0.15, 0.2) is 12.1 Å². The maximum absolute atomic E-state index is 12.6. The molecule has 18 heavy (non-hydrogen) atoms. The molecule has 1 aromatic heterocycles. The predicted molar refractivity (Wildman–Crippen MR) is 77.9 cm³/mol. The molecule has 1 atom stereocenters. The van der Waals surface area contributed by atoms with Gasteiger partial charge in [0.05, 0.1) is 0 Å². The van der Waals surface area contributed by atoms with E-state index in [2.05, 4.69) is 24.0 Å². The molecule has 0 N–H and O–H groups in total. The summed E-state index contributed by atoms with van der Waals surface area (Å²) in [5, 5.41) is 0.289. The third-order valence-electron chi connectivity index (χ3n) is 3.88. The second-order valence-electron chi connectivity index (χ2n) is 5.18. The standard InChI is InChI=1S/C14H19NOS2/c1-10-6-7-12(18-10)14-15(8-9-17-14)13(16)11-4-2-3-5-11/h6-7,11,14H,2-5,8-9H2,1H3. The predicted octanol–water partition coefficient (Wildman–Crippen LogP) is 3.82. The lowest BCUT2D eigenvalue weighted by Gasteiger charge is -2.25. The molecule has 4 heteroatoms. The van der Waals surface area contributed by atoms with Crippen LogP contribution in [0, 0.1) is 12.8 Å². The van der Waals surface area contributed by atoms with E-state index in [1.165, 1.54) is 22.6 Å². The first-order valence-corrected chi connectivity index (χ1v) is 8.60. The summed E-state index contributed by atoms with van der Waals surface area (Å²) >= 11 is 3.75. The SMILES string of the molecule is Cc1ccc(C2SCCN2C(=O)C2CCCC2)s1. The third kappa shape index (κ3) is 2.32. The number of hydrogen-bond donors (Lipinski definition) is 0. The van der Waals surface area contributed by atoms with Crippen LogP contribution in [-0.4, -0.2) is 23.1 Å². The summed E-state index contributed by atoms with van der Waals surface area (Å²) in [6, 6.07) is 4.36. The summed E-state index contributed by atoms with van der Waals surface area (Å²) < 4.78 is 0. The summed E-state index contributed by atoms with van der Waals surface area (Å²) in [6.45, 7) is 3.07. The Kier molecular flexibility index (Phi) is 3.66. The van der Waals surface area contributed by atoms with E-state index in [-0.39, 0.29) is 5.37 Å². The van der Waals surface area contributed by atoms with Crippen LogP contribution in [0.25, 0.3) is 0 Å². The van der Waals surface area contributed by atoms with Gasteiger partial charge in [-0.2, -0.15) is 0 Å². The van der Waals surface area contributed by atoms with Crippen LogP contribution in [0.1, 0.15) is 40.8 Å². The van der Waals surface area contributed by atoms with E-state index in [1.807, 2.05) is 23.1 Å². The van der Waals surface area contributed by atoms with Gasteiger partial charge >= 0.3 is 0 Å². The Morgan fingerprint density at radius 2 is 2.11 bits per heavy atom. The van der Waals surface area contributed by atoms with Gasteiger partial charge in [0.1, 0.15) is 5.37 Å². The molecule has 1 unspecified atom stereocenters. The fourth-order valence-corrected chi connectivity index (χ4v) is 5.30. The highest BCUT2D eigenvalue weighted by molar-refractivity contribution is 7.99. The van der Waals surface area contributed by atoms with Crippen molar-refractivity contribution in [2.45, 2.75) is 38.0 Å². The lowest BCUT2D eigenvalue weighted by Crippen LogP contribution is -2.34. The van der Waals surface area contributed by atoms with Crippen molar-refractivity contribution in [1.29, 1.82) is 0 Å². The zero-order valence-electron chi connectivity index (χ0n) is 10.7. The highest BCUT2D eigenvalue weighted by Crippen LogP contribution is 2.42. The van der Waals surface area contributed by atoms with Crippen molar-refractivity contribution in [1.82, 2.24) is 4.90 Å². The largest absolute Gasteiger partial charge is 0.325 e. The minimum Gasteiger partial charge on any atom is -0.325 e. The molecule has 2 heterocycles. The van der Waals surface area contributed by atoms with Gasteiger partial charge in [-0.25, -0.2) is 0 Å². The van der Waals surface area contributed by atoms with E-state index in [1.54, 1.807) is 0 Å². The molecule has 2 nitrogen and oxygen atoms in total. The van der Waals surface area contributed by atoms with Gasteiger partial charge in [0, 0.05) is 28.0 Å². The minimum absolute atomic E-state index is 0.289. The molecular formula is C14H19NOS2. The van der Waals surface area contributed by atoms with Gasteiger partial charge in [-0.05, 0) is 31.9 Å². The molecule has 1 aliphatic carbocycles. The van der Waals surface area contributed by atoms with Crippen LogP contribution in [0.3, 0.4) is 0 Å². The second kappa shape index (κ2) is 5.25. The molecule has 2 fully saturated rings. The molecule has 1 amide bonds. The van der Waals surface area contributed by atoms with E-state index in [9.17, 15) is 4.79 Å². The van der Waals surface area contributed by atoms with E-state index in [4.69, 9.17) is 0 Å². The molecule has 0 radical (unpaired) electrons. The van der Waals surface area contributed by atoms with Gasteiger partial charge in [-0.15, -0.1) is 23.1 Å². The van der Waals surface area contributed by atoms with Crippen molar-refractivity contribution >= 4 is 29.0 Å². The minimum atomic E-state index is 0.289. The first-order valence-electron chi connectivity index (χ1n) is 6.74. The van der Waals surface area contributed by atoms with E-state index in [0.717, 1.165) is 25.1 Å². The summed E-state index contributed by atoms with van der Waals surface area (Å²) in [5.41, 5.74) is 0. The summed E-state index contributed by atoms with van der Waals surface area (Å²) in [7, 11) is 0. The molecule has 0 bridgehead atoms. The van der Waals surface area contributed by atoms with Crippen LogP contribution in [0.2, 0.25) is 0 Å². The number of nitrogens with zero attached hydrogens (tertiary/aromatic N) is 1. The number of carbonyl (C=O) groups excluding carboxylic acids is 1. The number of rotatable bonds is 2. The van der Waals surface area contributed by atoms with Gasteiger partial charge in [0.25, 0.3) is 0 Å². The number of carbonyl (C=O) groups is 1. The number of thioether (sulfide) groups is 1. The van der Waals surface area contributed by atoms with Crippen molar-refractivity contribution in [3.63, 3.8) is 0 Å². The molecule has 0 spiro atoms. The molecule has 2 aliphatic rings. The Bertz CT molecular complexity index is 437. The van der Waals surface area contributed by atoms with Gasteiger partial charge < -0.3 is 4.90 Å². The summed E-state index contributed by atoms with van der Waals surface area (Å²) in [6.07, 6.45) is 4.69. The highest BCUT2D eigenvalue weighted by atomic mass is 32.2. The van der Waals surface area contributed by atoms with Gasteiger partial charge in [0.15, 0.2) is 0 Å². The Morgan fingerprint density at radius 1 is 1.33 bits per heavy atom. The zero-order valence-corrected chi connectivity index (χ0v) is 12.4. The summed E-state index contributed by atoms with van der Waals surface area (Å²) in [5.74, 6) is 1.81. The topological polar surface area (TPSA) is 20.3 Å². The zero-order chi connectivity index (χ0) is 12.5. The monoisotopic (exact) mass is 281 g/mol. The average Bonchev–Trinajstić information content (AvgIpc) is 3.09.